The molecule has 0 heterocycles. The molecule has 0 radical (unpaired) electrons. The van der Waals surface area contributed by atoms with E-state index in [0.717, 1.165) is 17.8 Å². The van der Waals surface area contributed by atoms with E-state index in [4.69, 9.17) is 0 Å². The minimum Gasteiger partial charge on any atom is -0.513 e. The normalized spacial score (nSPS) is 34.9. The molecule has 0 saturated heterocycles. The third-order valence-corrected chi connectivity index (χ3v) is 6.02. The maximum atomic E-state index is 9.52. The van der Waals surface area contributed by atoms with Crippen LogP contribution in [0.4, 0.5) is 0 Å². The van der Waals surface area contributed by atoms with Gasteiger partial charge < -0.3 is 5.11 Å². The Labute approximate surface area is 125 Å². The average Bonchev–Trinajstić information content (AvgIpc) is 2.48. The van der Waals surface area contributed by atoms with Crippen LogP contribution in [0.2, 0.25) is 0 Å². The van der Waals surface area contributed by atoms with Crippen molar-refractivity contribution in [2.75, 3.05) is 0 Å². The summed E-state index contributed by atoms with van der Waals surface area (Å²) in [6, 6.07) is 0. The van der Waals surface area contributed by atoms with Crippen LogP contribution in [0.25, 0.3) is 0 Å². The Bertz CT molecular complexity index is 280. The van der Waals surface area contributed by atoms with Gasteiger partial charge in [-0.25, -0.2) is 0 Å². The zero-order valence-corrected chi connectivity index (χ0v) is 13.4. The summed E-state index contributed by atoms with van der Waals surface area (Å²) in [4.78, 5) is 0. The molecule has 1 N–H and O–H groups in total. The van der Waals surface area contributed by atoms with Crippen molar-refractivity contribution in [3.63, 3.8) is 0 Å². The van der Waals surface area contributed by atoms with E-state index < -0.39 is 0 Å². The molecule has 2 saturated carbocycles. The summed E-state index contributed by atoms with van der Waals surface area (Å²) >= 11 is 0. The highest BCUT2D eigenvalue weighted by Gasteiger charge is 2.31. The lowest BCUT2D eigenvalue weighted by Gasteiger charge is -2.37. The van der Waals surface area contributed by atoms with Gasteiger partial charge >= 0.3 is 0 Å². The van der Waals surface area contributed by atoms with Gasteiger partial charge in [-0.1, -0.05) is 52.0 Å². The summed E-state index contributed by atoms with van der Waals surface area (Å²) in [5, 5.41) is 9.52. The molecule has 2 fully saturated rings. The van der Waals surface area contributed by atoms with Gasteiger partial charge in [0.25, 0.3) is 0 Å². The predicted molar refractivity (Wildman–Crippen MR) is 86.8 cm³/mol. The Kier molecular flexibility index (Phi) is 6.45. The number of rotatable bonds is 6. The van der Waals surface area contributed by atoms with Gasteiger partial charge in [-0.2, -0.15) is 0 Å². The zero-order chi connectivity index (χ0) is 14.4. The van der Waals surface area contributed by atoms with E-state index in [1.54, 1.807) is 0 Å². The highest BCUT2D eigenvalue weighted by molar-refractivity contribution is 4.93. The van der Waals surface area contributed by atoms with Crippen molar-refractivity contribution in [1.82, 2.24) is 0 Å². The third-order valence-electron chi connectivity index (χ3n) is 6.02. The van der Waals surface area contributed by atoms with Gasteiger partial charge in [-0.15, -0.1) is 0 Å². The van der Waals surface area contributed by atoms with Crippen LogP contribution in [-0.2, 0) is 0 Å². The molecule has 0 aliphatic heterocycles. The Morgan fingerprint density at radius 3 is 1.95 bits per heavy atom. The van der Waals surface area contributed by atoms with Crippen LogP contribution in [0.5, 0.6) is 0 Å². The van der Waals surface area contributed by atoms with Crippen LogP contribution in [0, 0.1) is 23.7 Å². The van der Waals surface area contributed by atoms with Crippen molar-refractivity contribution in [3.05, 3.63) is 12.3 Å². The molecule has 0 spiro atoms. The fourth-order valence-corrected chi connectivity index (χ4v) is 4.56. The number of aliphatic hydroxyl groups is 1. The van der Waals surface area contributed by atoms with Gasteiger partial charge in [0.2, 0.25) is 0 Å². The Balaban J connectivity index is 1.65. The topological polar surface area (TPSA) is 20.2 Å². The molecule has 1 nitrogen and oxygen atoms in total. The highest BCUT2D eigenvalue weighted by Crippen LogP contribution is 2.43. The van der Waals surface area contributed by atoms with Gasteiger partial charge in [0, 0.05) is 5.92 Å². The predicted octanol–water partition coefficient (Wildman–Crippen LogP) is 6.25. The van der Waals surface area contributed by atoms with Gasteiger partial charge in [0.1, 0.15) is 0 Å². The maximum Gasteiger partial charge on any atom is 0.0881 e. The van der Waals surface area contributed by atoms with Crippen molar-refractivity contribution in [1.29, 1.82) is 0 Å². The van der Waals surface area contributed by atoms with Crippen LogP contribution in [0.1, 0.15) is 84.0 Å². The van der Waals surface area contributed by atoms with Gasteiger partial charge in [0.15, 0.2) is 0 Å². The number of hydrogen-bond acceptors (Lipinski definition) is 1. The Morgan fingerprint density at radius 2 is 1.45 bits per heavy atom. The molecule has 2 rings (SSSR count). The van der Waals surface area contributed by atoms with E-state index in [9.17, 15) is 5.11 Å². The van der Waals surface area contributed by atoms with E-state index in [1.807, 2.05) is 0 Å². The second-order valence-electron chi connectivity index (χ2n) is 7.38. The summed E-state index contributed by atoms with van der Waals surface area (Å²) in [7, 11) is 0. The number of hydrogen-bond donors (Lipinski definition) is 1. The number of unbranched alkanes of at least 4 members (excludes halogenated alkanes) is 2. The molecule has 0 aromatic heterocycles. The van der Waals surface area contributed by atoms with Crippen LogP contribution in [0.15, 0.2) is 12.3 Å². The number of aliphatic hydroxyl groups excluding tert-OH is 1. The summed E-state index contributed by atoms with van der Waals surface area (Å²) < 4.78 is 0. The van der Waals surface area contributed by atoms with E-state index >= 15 is 0 Å². The maximum absolute atomic E-state index is 9.52. The molecule has 1 heteroatoms. The second kappa shape index (κ2) is 8.10. The summed E-state index contributed by atoms with van der Waals surface area (Å²) in [5.74, 6) is 3.80. The molecule has 0 aromatic carbocycles. The molecule has 0 atom stereocenters. The van der Waals surface area contributed by atoms with Crippen molar-refractivity contribution in [2.24, 2.45) is 23.7 Å². The smallest absolute Gasteiger partial charge is 0.0881 e. The van der Waals surface area contributed by atoms with Gasteiger partial charge in [-0.3, -0.25) is 0 Å². The van der Waals surface area contributed by atoms with Gasteiger partial charge in [-0.05, 0) is 56.3 Å². The first-order valence-electron chi connectivity index (χ1n) is 9.08. The Morgan fingerprint density at radius 1 is 0.900 bits per heavy atom. The summed E-state index contributed by atoms with van der Waals surface area (Å²) in [6.45, 7) is 6.02. The molecular weight excluding hydrogens is 244 g/mol. The van der Waals surface area contributed by atoms with Crippen LogP contribution in [0.3, 0.4) is 0 Å². The van der Waals surface area contributed by atoms with E-state index in [2.05, 4.69) is 13.5 Å². The van der Waals surface area contributed by atoms with Crippen molar-refractivity contribution >= 4 is 0 Å². The lowest BCUT2D eigenvalue weighted by Crippen LogP contribution is -2.26. The Hall–Kier alpha value is -0.460. The number of allylic oxidation sites excluding steroid dienone is 1. The molecule has 2 aliphatic rings. The fraction of sp³-hybridized carbons (Fsp3) is 0.895. The first kappa shape index (κ1) is 15.9. The minimum absolute atomic E-state index is 0.400. The first-order chi connectivity index (χ1) is 9.70. The van der Waals surface area contributed by atoms with E-state index in [0.29, 0.717) is 11.7 Å². The molecule has 0 bridgehead atoms. The van der Waals surface area contributed by atoms with Gasteiger partial charge in [0.05, 0.1) is 5.76 Å². The van der Waals surface area contributed by atoms with Crippen LogP contribution in [-0.4, -0.2) is 5.11 Å². The minimum atomic E-state index is 0.400. The zero-order valence-electron chi connectivity index (χ0n) is 13.4. The third kappa shape index (κ3) is 4.53. The average molecular weight is 278 g/mol. The molecule has 116 valence electrons. The van der Waals surface area contributed by atoms with Crippen molar-refractivity contribution in [3.8, 4) is 0 Å². The molecule has 0 aromatic rings. The molecule has 20 heavy (non-hydrogen) atoms. The van der Waals surface area contributed by atoms with Crippen LogP contribution >= 0.6 is 0 Å². The SMILES string of the molecule is C=C(O)C1CCC(C2CCC(CCCCC)CC2)CC1. The standard InChI is InChI=1S/C19H34O/c1-3-4-5-6-16-7-9-18(10-8-16)19-13-11-17(12-14-19)15(2)20/h16-20H,2-14H2,1H3. The molecule has 2 aliphatic carbocycles. The quantitative estimate of drug-likeness (QED) is 0.449. The largest absolute Gasteiger partial charge is 0.513 e. The lowest BCUT2D eigenvalue weighted by atomic mass is 9.68. The first-order valence-corrected chi connectivity index (χ1v) is 9.08. The molecule has 0 unspecified atom stereocenters. The van der Waals surface area contributed by atoms with Crippen molar-refractivity contribution in [2.45, 2.75) is 84.0 Å². The van der Waals surface area contributed by atoms with E-state index in [1.165, 1.54) is 77.0 Å². The second-order valence-corrected chi connectivity index (χ2v) is 7.38. The van der Waals surface area contributed by atoms with E-state index in [-0.39, 0.29) is 0 Å². The summed E-state index contributed by atoms with van der Waals surface area (Å²) in [6.07, 6.45) is 16.7. The van der Waals surface area contributed by atoms with Crippen molar-refractivity contribution < 1.29 is 5.11 Å². The monoisotopic (exact) mass is 278 g/mol. The fourth-order valence-electron chi connectivity index (χ4n) is 4.56. The molecule has 0 amide bonds. The van der Waals surface area contributed by atoms with Crippen LogP contribution < -0.4 is 0 Å². The highest BCUT2D eigenvalue weighted by atomic mass is 16.3. The summed E-state index contributed by atoms with van der Waals surface area (Å²) in [5.41, 5.74) is 0. The molecular formula is C19H34O. The lowest BCUT2D eigenvalue weighted by molar-refractivity contribution is 0.138.